The van der Waals surface area contributed by atoms with Crippen LogP contribution in [0.3, 0.4) is 0 Å². The highest BCUT2D eigenvalue weighted by molar-refractivity contribution is 5.71. The summed E-state index contributed by atoms with van der Waals surface area (Å²) in [5.41, 5.74) is 0.681. The van der Waals surface area contributed by atoms with Crippen LogP contribution in [0.25, 0.3) is 0 Å². The Balaban J connectivity index is 1.77. The van der Waals surface area contributed by atoms with Crippen molar-refractivity contribution in [3.8, 4) is 5.75 Å². The van der Waals surface area contributed by atoms with Gasteiger partial charge in [-0.05, 0) is 25.3 Å². The number of aliphatic carboxylic acids is 1. The number of carbonyl (C=O) groups is 1. The van der Waals surface area contributed by atoms with Crippen molar-refractivity contribution in [1.82, 2.24) is 4.90 Å². The minimum atomic E-state index is -2.85. The largest absolute Gasteiger partial charge is 0.481 e. The first kappa shape index (κ1) is 14.3. The molecule has 0 radical (unpaired) electrons. The topological polar surface area (TPSA) is 49.8 Å². The summed E-state index contributed by atoms with van der Waals surface area (Å²) in [6, 6.07) is 6.95. The molecule has 3 atom stereocenters. The summed E-state index contributed by atoms with van der Waals surface area (Å²) < 4.78 is 29.4. The van der Waals surface area contributed by atoms with Crippen LogP contribution in [0.2, 0.25) is 0 Å². The number of fused-ring (bicyclic) bond motifs is 2. The molecule has 2 aliphatic heterocycles. The number of rotatable bonds is 5. The molecule has 6 heteroatoms. The van der Waals surface area contributed by atoms with E-state index in [2.05, 4.69) is 9.64 Å². The molecule has 3 rings (SSSR count). The Morgan fingerprint density at radius 3 is 2.81 bits per heavy atom. The van der Waals surface area contributed by atoms with Crippen LogP contribution in [-0.4, -0.2) is 34.7 Å². The van der Waals surface area contributed by atoms with Crippen LogP contribution in [0.4, 0.5) is 8.78 Å². The maximum absolute atomic E-state index is 12.4. The van der Waals surface area contributed by atoms with Crippen LogP contribution < -0.4 is 4.74 Å². The van der Waals surface area contributed by atoms with Gasteiger partial charge in [0.05, 0.1) is 5.92 Å². The van der Waals surface area contributed by atoms with Gasteiger partial charge < -0.3 is 9.84 Å². The molecule has 0 spiro atoms. The van der Waals surface area contributed by atoms with E-state index in [-0.39, 0.29) is 23.8 Å². The summed E-state index contributed by atoms with van der Waals surface area (Å²) in [6.45, 7) is -2.39. The van der Waals surface area contributed by atoms with E-state index >= 15 is 0 Å². The molecular weight excluding hydrogens is 280 g/mol. The third-order valence-corrected chi connectivity index (χ3v) is 4.54. The summed E-state index contributed by atoms with van der Waals surface area (Å²) in [5, 5.41) is 9.24. The Bertz CT molecular complexity index is 537. The molecule has 2 bridgehead atoms. The molecule has 0 amide bonds. The summed E-state index contributed by atoms with van der Waals surface area (Å²) in [7, 11) is 0. The predicted molar refractivity (Wildman–Crippen MR) is 71.2 cm³/mol. The standard InChI is InChI=1S/C15H17F2NO3/c16-15(17)21-13-4-2-1-3-9(13)8-18-10-5-6-12(18)11(7-10)14(19)20/h1-4,10-12,15H,5-8H2,(H,19,20). The van der Waals surface area contributed by atoms with Gasteiger partial charge in [0, 0.05) is 24.2 Å². The first-order valence-corrected chi connectivity index (χ1v) is 7.07. The van der Waals surface area contributed by atoms with Crippen molar-refractivity contribution in [1.29, 1.82) is 0 Å². The normalized spacial score (nSPS) is 28.2. The Morgan fingerprint density at radius 1 is 1.38 bits per heavy atom. The van der Waals surface area contributed by atoms with Crippen molar-refractivity contribution >= 4 is 5.97 Å². The SMILES string of the molecule is O=C(O)C1CC2CCC1N2Cc1ccccc1OC(F)F. The van der Waals surface area contributed by atoms with Crippen molar-refractivity contribution in [2.24, 2.45) is 5.92 Å². The lowest BCUT2D eigenvalue weighted by atomic mass is 9.89. The van der Waals surface area contributed by atoms with Gasteiger partial charge in [0.15, 0.2) is 0 Å². The third-order valence-electron chi connectivity index (χ3n) is 4.54. The van der Waals surface area contributed by atoms with E-state index in [9.17, 15) is 18.7 Å². The number of hydrogen-bond acceptors (Lipinski definition) is 3. The van der Waals surface area contributed by atoms with Gasteiger partial charge in [0.1, 0.15) is 5.75 Å². The number of ether oxygens (including phenoxy) is 1. The predicted octanol–water partition coefficient (Wildman–Crippen LogP) is 2.73. The monoisotopic (exact) mass is 297 g/mol. The number of alkyl halides is 2. The first-order chi connectivity index (χ1) is 10.1. The molecule has 2 heterocycles. The van der Waals surface area contributed by atoms with Crippen molar-refractivity contribution < 1.29 is 23.4 Å². The molecular formula is C15H17F2NO3. The summed E-state index contributed by atoms with van der Waals surface area (Å²) >= 11 is 0. The Kier molecular flexibility index (Phi) is 3.80. The fourth-order valence-electron chi connectivity index (χ4n) is 3.66. The van der Waals surface area contributed by atoms with Crippen LogP contribution in [0.1, 0.15) is 24.8 Å². The molecule has 114 valence electrons. The highest BCUT2D eigenvalue weighted by atomic mass is 19.3. The zero-order valence-corrected chi connectivity index (χ0v) is 11.4. The molecule has 21 heavy (non-hydrogen) atoms. The molecule has 0 aromatic heterocycles. The van der Waals surface area contributed by atoms with Crippen LogP contribution in [0.15, 0.2) is 24.3 Å². The minimum absolute atomic E-state index is 0.00658. The smallest absolute Gasteiger partial charge is 0.387 e. The van der Waals surface area contributed by atoms with E-state index in [1.54, 1.807) is 18.2 Å². The number of nitrogens with zero attached hydrogens (tertiary/aromatic N) is 1. The fraction of sp³-hybridized carbons (Fsp3) is 0.533. The van der Waals surface area contributed by atoms with E-state index in [1.807, 2.05) is 0 Å². The molecule has 2 fully saturated rings. The van der Waals surface area contributed by atoms with Crippen LogP contribution >= 0.6 is 0 Å². The number of para-hydroxylation sites is 1. The van der Waals surface area contributed by atoms with Crippen LogP contribution in [-0.2, 0) is 11.3 Å². The maximum atomic E-state index is 12.4. The van der Waals surface area contributed by atoms with E-state index in [1.165, 1.54) is 6.07 Å². The van der Waals surface area contributed by atoms with Crippen molar-refractivity contribution in [2.75, 3.05) is 0 Å². The molecule has 1 aromatic carbocycles. The summed E-state index contributed by atoms with van der Waals surface area (Å²) in [5.74, 6) is -0.929. The zero-order chi connectivity index (χ0) is 15.0. The highest BCUT2D eigenvalue weighted by Crippen LogP contribution is 2.43. The number of benzene rings is 1. The lowest BCUT2D eigenvalue weighted by molar-refractivity contribution is -0.142. The molecule has 0 saturated carbocycles. The second kappa shape index (κ2) is 5.60. The molecule has 1 aromatic rings. The molecule has 3 unspecified atom stereocenters. The highest BCUT2D eigenvalue weighted by Gasteiger charge is 2.49. The van der Waals surface area contributed by atoms with E-state index < -0.39 is 12.6 Å². The summed E-state index contributed by atoms with van der Waals surface area (Å²) in [4.78, 5) is 13.4. The van der Waals surface area contributed by atoms with Gasteiger partial charge >= 0.3 is 12.6 Å². The van der Waals surface area contributed by atoms with Crippen molar-refractivity contribution in [3.05, 3.63) is 29.8 Å². The second-order valence-electron chi connectivity index (χ2n) is 5.64. The van der Waals surface area contributed by atoms with E-state index in [4.69, 9.17) is 0 Å². The third kappa shape index (κ3) is 2.72. The van der Waals surface area contributed by atoms with Crippen LogP contribution in [0.5, 0.6) is 5.75 Å². The van der Waals surface area contributed by atoms with E-state index in [0.29, 0.717) is 18.5 Å². The zero-order valence-electron chi connectivity index (χ0n) is 11.4. The van der Waals surface area contributed by atoms with Gasteiger partial charge in [-0.2, -0.15) is 8.78 Å². The molecule has 2 saturated heterocycles. The number of halogens is 2. The van der Waals surface area contributed by atoms with Crippen molar-refractivity contribution in [2.45, 2.75) is 44.5 Å². The summed E-state index contributed by atoms with van der Waals surface area (Å²) in [6.07, 6.45) is 2.49. The van der Waals surface area contributed by atoms with Gasteiger partial charge in [0.25, 0.3) is 0 Å². The van der Waals surface area contributed by atoms with Crippen molar-refractivity contribution in [3.63, 3.8) is 0 Å². The van der Waals surface area contributed by atoms with Gasteiger partial charge in [-0.25, -0.2) is 0 Å². The number of carboxylic acid groups (broad SMARTS) is 1. The van der Waals surface area contributed by atoms with Crippen LogP contribution in [0, 0.1) is 5.92 Å². The number of hydrogen-bond donors (Lipinski definition) is 1. The molecule has 0 aliphatic carbocycles. The molecule has 2 aliphatic rings. The van der Waals surface area contributed by atoms with Gasteiger partial charge in [-0.1, -0.05) is 18.2 Å². The first-order valence-electron chi connectivity index (χ1n) is 7.07. The quantitative estimate of drug-likeness (QED) is 0.908. The molecule has 1 N–H and O–H groups in total. The Hall–Kier alpha value is -1.69. The minimum Gasteiger partial charge on any atom is -0.481 e. The van der Waals surface area contributed by atoms with E-state index in [0.717, 1.165) is 12.8 Å². The molecule has 4 nitrogen and oxygen atoms in total. The number of carboxylic acids is 1. The Morgan fingerprint density at radius 2 is 2.14 bits per heavy atom. The van der Waals surface area contributed by atoms with Gasteiger partial charge in [-0.15, -0.1) is 0 Å². The maximum Gasteiger partial charge on any atom is 0.387 e. The second-order valence-corrected chi connectivity index (χ2v) is 5.64. The Labute approximate surface area is 121 Å². The average molecular weight is 297 g/mol. The van der Waals surface area contributed by atoms with Gasteiger partial charge in [0.2, 0.25) is 0 Å². The average Bonchev–Trinajstić information content (AvgIpc) is 2.97. The fourth-order valence-corrected chi connectivity index (χ4v) is 3.66. The lowest BCUT2D eigenvalue weighted by Gasteiger charge is -2.23. The van der Waals surface area contributed by atoms with Gasteiger partial charge in [-0.3, -0.25) is 9.69 Å². The lowest BCUT2D eigenvalue weighted by Crippen LogP contribution is -2.32.